The Bertz CT molecular complexity index is 705. The number of aryl methyl sites for hydroxylation is 1. The predicted octanol–water partition coefficient (Wildman–Crippen LogP) is 3.35. The van der Waals surface area contributed by atoms with Gasteiger partial charge in [-0.3, -0.25) is 4.79 Å². The van der Waals surface area contributed by atoms with Crippen LogP contribution in [0, 0.1) is 6.92 Å². The van der Waals surface area contributed by atoms with Crippen molar-refractivity contribution in [2.45, 2.75) is 39.3 Å². The Hall–Kier alpha value is -2.33. The van der Waals surface area contributed by atoms with E-state index in [-0.39, 0.29) is 18.9 Å². The number of rotatable bonds is 7. The molecule has 2 rings (SSSR count). The topological polar surface area (TPSA) is 49.8 Å². The van der Waals surface area contributed by atoms with Crippen molar-refractivity contribution in [3.8, 4) is 5.75 Å². The maximum absolute atomic E-state index is 12.9. The van der Waals surface area contributed by atoms with Gasteiger partial charge in [0.15, 0.2) is 0 Å². The molecule has 0 saturated heterocycles. The second kappa shape index (κ2) is 8.17. The molecule has 0 aliphatic carbocycles. The van der Waals surface area contributed by atoms with Crippen LogP contribution in [0.1, 0.15) is 30.5 Å². The third-order valence-corrected chi connectivity index (χ3v) is 3.97. The van der Waals surface area contributed by atoms with Gasteiger partial charge in [0.1, 0.15) is 5.75 Å². The molecule has 0 spiro atoms. The second-order valence-corrected chi connectivity index (χ2v) is 7.03. The summed E-state index contributed by atoms with van der Waals surface area (Å²) in [5.74, 6) is 0.763. The molecule has 2 aromatic rings. The van der Waals surface area contributed by atoms with E-state index >= 15 is 0 Å². The molecule has 134 valence electrons. The van der Waals surface area contributed by atoms with Crippen molar-refractivity contribution >= 4 is 5.91 Å². The van der Waals surface area contributed by atoms with E-state index < -0.39 is 5.60 Å². The molecule has 1 N–H and O–H groups in total. The number of benzene rings is 2. The zero-order chi connectivity index (χ0) is 18.4. The number of hydrogen-bond acceptors (Lipinski definition) is 3. The molecule has 0 saturated carbocycles. The first-order valence-electron chi connectivity index (χ1n) is 8.46. The van der Waals surface area contributed by atoms with E-state index in [1.807, 2.05) is 55.5 Å². The minimum Gasteiger partial charge on any atom is -0.496 e. The summed E-state index contributed by atoms with van der Waals surface area (Å²) in [6.07, 6.45) is 0.277. The number of hydrogen-bond donors (Lipinski definition) is 1. The van der Waals surface area contributed by atoms with Gasteiger partial charge in [-0.15, -0.1) is 0 Å². The van der Waals surface area contributed by atoms with Crippen LogP contribution in [0.25, 0.3) is 0 Å². The highest BCUT2D eigenvalue weighted by molar-refractivity contribution is 5.79. The van der Waals surface area contributed by atoms with Crippen LogP contribution in [-0.2, 0) is 17.8 Å². The molecule has 0 unspecified atom stereocenters. The summed E-state index contributed by atoms with van der Waals surface area (Å²) in [6.45, 7) is 6.16. The Kier molecular flexibility index (Phi) is 6.21. The molecule has 0 aromatic heterocycles. The fraction of sp³-hybridized carbons (Fsp3) is 0.381. The fourth-order valence-electron chi connectivity index (χ4n) is 2.76. The Morgan fingerprint density at radius 1 is 1.12 bits per heavy atom. The molecule has 2 aromatic carbocycles. The molecule has 4 nitrogen and oxygen atoms in total. The number of ether oxygens (including phenoxy) is 1. The minimum atomic E-state index is -0.949. The molecule has 0 bridgehead atoms. The summed E-state index contributed by atoms with van der Waals surface area (Å²) in [7, 11) is 1.63. The largest absolute Gasteiger partial charge is 0.496 e. The molecule has 0 atom stereocenters. The lowest BCUT2D eigenvalue weighted by Gasteiger charge is -2.29. The predicted molar refractivity (Wildman–Crippen MR) is 99.6 cm³/mol. The summed E-state index contributed by atoms with van der Waals surface area (Å²) < 4.78 is 5.34. The SMILES string of the molecule is COc1cc(CC(=O)N(Cc2ccccc2)CC(C)(C)O)ccc1C. The summed E-state index contributed by atoms with van der Waals surface area (Å²) >= 11 is 0. The standard InChI is InChI=1S/C21H27NO3/c1-16-10-11-18(12-19(16)25-4)13-20(23)22(15-21(2,3)24)14-17-8-6-5-7-9-17/h5-12,24H,13-15H2,1-4H3. The molecule has 1 amide bonds. The van der Waals surface area contributed by atoms with Crippen LogP contribution >= 0.6 is 0 Å². The average Bonchev–Trinajstić information content (AvgIpc) is 2.55. The van der Waals surface area contributed by atoms with Gasteiger partial charge in [0.05, 0.1) is 19.1 Å². The van der Waals surface area contributed by atoms with E-state index in [2.05, 4.69) is 0 Å². The molecule has 0 heterocycles. The first-order chi connectivity index (χ1) is 11.8. The van der Waals surface area contributed by atoms with E-state index in [9.17, 15) is 9.90 Å². The van der Waals surface area contributed by atoms with E-state index in [1.165, 1.54) is 0 Å². The number of aliphatic hydroxyl groups is 1. The van der Waals surface area contributed by atoms with Crippen LogP contribution in [-0.4, -0.2) is 35.2 Å². The van der Waals surface area contributed by atoms with Crippen LogP contribution in [0.4, 0.5) is 0 Å². The van der Waals surface area contributed by atoms with Gasteiger partial charge < -0.3 is 14.7 Å². The van der Waals surface area contributed by atoms with Gasteiger partial charge in [-0.1, -0.05) is 42.5 Å². The molecule has 0 fully saturated rings. The smallest absolute Gasteiger partial charge is 0.227 e. The number of carbonyl (C=O) groups excluding carboxylic acids is 1. The fourth-order valence-corrected chi connectivity index (χ4v) is 2.76. The highest BCUT2D eigenvalue weighted by atomic mass is 16.5. The van der Waals surface area contributed by atoms with Gasteiger partial charge in [0, 0.05) is 13.1 Å². The highest BCUT2D eigenvalue weighted by Gasteiger charge is 2.23. The van der Waals surface area contributed by atoms with Crippen LogP contribution in [0.15, 0.2) is 48.5 Å². The summed E-state index contributed by atoms with van der Waals surface area (Å²) in [5.41, 5.74) is 2.04. The van der Waals surface area contributed by atoms with E-state index in [4.69, 9.17) is 4.74 Å². The summed E-state index contributed by atoms with van der Waals surface area (Å²) in [6, 6.07) is 15.6. The third-order valence-electron chi connectivity index (χ3n) is 3.97. The van der Waals surface area contributed by atoms with Gasteiger partial charge in [-0.25, -0.2) is 0 Å². The van der Waals surface area contributed by atoms with Gasteiger partial charge >= 0.3 is 0 Å². The average molecular weight is 341 g/mol. The van der Waals surface area contributed by atoms with Crippen molar-refractivity contribution in [1.82, 2.24) is 4.90 Å². The number of nitrogens with zero attached hydrogens (tertiary/aromatic N) is 1. The molecular formula is C21H27NO3. The number of methoxy groups -OCH3 is 1. The maximum Gasteiger partial charge on any atom is 0.227 e. The third kappa shape index (κ3) is 5.91. The molecular weight excluding hydrogens is 314 g/mol. The number of amides is 1. The first kappa shape index (κ1) is 19.0. The van der Waals surface area contributed by atoms with Crippen LogP contribution in [0.3, 0.4) is 0 Å². The zero-order valence-electron chi connectivity index (χ0n) is 15.5. The summed E-state index contributed by atoms with van der Waals surface area (Å²) in [4.78, 5) is 14.6. The van der Waals surface area contributed by atoms with Gasteiger partial charge in [0.25, 0.3) is 0 Å². The Morgan fingerprint density at radius 2 is 1.80 bits per heavy atom. The lowest BCUT2D eigenvalue weighted by atomic mass is 10.1. The lowest BCUT2D eigenvalue weighted by Crippen LogP contribution is -2.42. The molecule has 25 heavy (non-hydrogen) atoms. The maximum atomic E-state index is 12.9. The Labute approximate surface area is 150 Å². The molecule has 0 aliphatic rings. The van der Waals surface area contributed by atoms with Crippen molar-refractivity contribution in [3.63, 3.8) is 0 Å². The van der Waals surface area contributed by atoms with Crippen molar-refractivity contribution in [3.05, 3.63) is 65.2 Å². The van der Waals surface area contributed by atoms with Crippen molar-refractivity contribution < 1.29 is 14.6 Å². The van der Waals surface area contributed by atoms with Gasteiger partial charge in [-0.05, 0) is 43.5 Å². The lowest BCUT2D eigenvalue weighted by molar-refractivity contribution is -0.134. The van der Waals surface area contributed by atoms with Crippen LogP contribution < -0.4 is 4.74 Å². The zero-order valence-corrected chi connectivity index (χ0v) is 15.5. The van der Waals surface area contributed by atoms with Gasteiger partial charge in [-0.2, -0.15) is 0 Å². The van der Waals surface area contributed by atoms with E-state index in [0.29, 0.717) is 6.54 Å². The monoisotopic (exact) mass is 341 g/mol. The molecule has 4 heteroatoms. The van der Waals surface area contributed by atoms with Gasteiger partial charge in [0.2, 0.25) is 5.91 Å². The quantitative estimate of drug-likeness (QED) is 0.840. The number of carbonyl (C=O) groups is 1. The summed E-state index contributed by atoms with van der Waals surface area (Å²) in [5, 5.41) is 10.2. The minimum absolute atomic E-state index is 0.0168. The normalized spacial score (nSPS) is 11.2. The van der Waals surface area contributed by atoms with Crippen LogP contribution in [0.5, 0.6) is 5.75 Å². The van der Waals surface area contributed by atoms with E-state index in [0.717, 1.165) is 22.4 Å². The Balaban J connectivity index is 2.17. The second-order valence-electron chi connectivity index (χ2n) is 7.03. The van der Waals surface area contributed by atoms with Crippen molar-refractivity contribution in [2.75, 3.05) is 13.7 Å². The van der Waals surface area contributed by atoms with E-state index in [1.54, 1.807) is 25.9 Å². The van der Waals surface area contributed by atoms with Crippen molar-refractivity contribution in [1.29, 1.82) is 0 Å². The highest BCUT2D eigenvalue weighted by Crippen LogP contribution is 2.20. The first-order valence-corrected chi connectivity index (χ1v) is 8.46. The van der Waals surface area contributed by atoms with Crippen LogP contribution in [0.2, 0.25) is 0 Å². The molecule has 0 aliphatic heterocycles. The Morgan fingerprint density at radius 3 is 2.40 bits per heavy atom. The molecule has 0 radical (unpaired) electrons. The van der Waals surface area contributed by atoms with Crippen molar-refractivity contribution in [2.24, 2.45) is 0 Å².